The number of esters is 1. The molecule has 0 N–H and O–H groups in total. The second-order valence-corrected chi connectivity index (χ2v) is 9.26. The molecule has 0 radical (unpaired) electrons. The Kier molecular flexibility index (Phi) is 6.28. The largest absolute Gasteiger partial charge is 0.494 e. The smallest absolute Gasteiger partial charge is 0.316 e. The summed E-state index contributed by atoms with van der Waals surface area (Å²) < 4.78 is 11.0. The summed E-state index contributed by atoms with van der Waals surface area (Å²) in [5.41, 5.74) is 1.20. The Balaban J connectivity index is 1.22. The predicted octanol–water partition coefficient (Wildman–Crippen LogP) is 3.72. The molecule has 2 saturated heterocycles. The van der Waals surface area contributed by atoms with Crippen molar-refractivity contribution in [3.05, 3.63) is 48.5 Å². The summed E-state index contributed by atoms with van der Waals surface area (Å²) in [6, 6.07) is 13.6. The number of rotatable bonds is 6. The van der Waals surface area contributed by atoms with Crippen molar-refractivity contribution in [2.45, 2.75) is 39.0 Å². The van der Waals surface area contributed by atoms with Gasteiger partial charge in [0, 0.05) is 18.7 Å². The fourth-order valence-electron chi connectivity index (χ4n) is 5.28. The Hall–Kier alpha value is -3.68. The number of benzene rings is 2. The number of carbonyl (C=O) groups excluding carboxylic acids is 4. The zero-order chi connectivity index (χ0) is 24.5. The molecule has 0 aromatic heterocycles. The van der Waals surface area contributed by atoms with E-state index in [9.17, 15) is 19.2 Å². The minimum atomic E-state index is -0.585. The van der Waals surface area contributed by atoms with Crippen LogP contribution in [0.5, 0.6) is 11.5 Å². The third-order valence-electron chi connectivity index (χ3n) is 7.07. The Morgan fingerprint density at radius 1 is 0.857 bits per heavy atom. The van der Waals surface area contributed by atoms with Gasteiger partial charge >= 0.3 is 5.97 Å². The van der Waals surface area contributed by atoms with E-state index in [1.807, 2.05) is 6.92 Å². The molecular weight excluding hydrogens is 448 g/mol. The summed E-state index contributed by atoms with van der Waals surface area (Å²) in [6.45, 7) is 2.70. The number of amides is 3. The van der Waals surface area contributed by atoms with Crippen LogP contribution in [0.3, 0.4) is 0 Å². The lowest BCUT2D eigenvalue weighted by molar-refractivity contribution is -0.139. The fourth-order valence-corrected chi connectivity index (χ4v) is 5.28. The van der Waals surface area contributed by atoms with Crippen LogP contribution < -0.4 is 19.3 Å². The molecule has 0 spiro atoms. The first-order chi connectivity index (χ1) is 17.0. The summed E-state index contributed by atoms with van der Waals surface area (Å²) in [4.78, 5) is 53.7. The minimum Gasteiger partial charge on any atom is -0.494 e. The topological polar surface area (TPSA) is 93.2 Å². The van der Waals surface area contributed by atoms with Crippen molar-refractivity contribution in [1.29, 1.82) is 0 Å². The van der Waals surface area contributed by atoms with E-state index in [4.69, 9.17) is 9.47 Å². The zero-order valence-electron chi connectivity index (χ0n) is 19.6. The van der Waals surface area contributed by atoms with Gasteiger partial charge in [0.2, 0.25) is 17.7 Å². The average molecular weight is 477 g/mol. The van der Waals surface area contributed by atoms with Gasteiger partial charge in [-0.3, -0.25) is 24.1 Å². The molecular formula is C27H28N2O6. The highest BCUT2D eigenvalue weighted by atomic mass is 16.5. The van der Waals surface area contributed by atoms with E-state index in [0.29, 0.717) is 23.7 Å². The van der Waals surface area contributed by atoms with Gasteiger partial charge in [-0.2, -0.15) is 0 Å². The van der Waals surface area contributed by atoms with E-state index < -0.39 is 11.9 Å². The highest BCUT2D eigenvalue weighted by Crippen LogP contribution is 2.40. The number of hydrogen-bond donors (Lipinski definition) is 0. The molecule has 2 aliphatic heterocycles. The van der Waals surface area contributed by atoms with E-state index in [1.165, 1.54) is 4.90 Å². The van der Waals surface area contributed by atoms with Crippen molar-refractivity contribution in [1.82, 2.24) is 0 Å². The standard InChI is InChI=1S/C27H28N2O6/c1-2-34-20-11-7-18(8-12-20)28-16-17(15-24(28)30)27(33)35-21-13-9-19(10-14-21)29-25(31)22-5-3-4-6-23(22)26(29)32/h7-14,17,22-23H,2-6,15-16H2,1H3/t17-,22+,23+/m1/s1. The predicted molar refractivity (Wildman–Crippen MR) is 128 cm³/mol. The maximum absolute atomic E-state index is 12.8. The molecule has 5 rings (SSSR count). The van der Waals surface area contributed by atoms with Crippen molar-refractivity contribution in [2.24, 2.45) is 17.8 Å². The molecule has 8 heteroatoms. The second kappa shape index (κ2) is 9.52. The lowest BCUT2D eigenvalue weighted by atomic mass is 9.81. The number of anilines is 2. The normalized spacial score (nSPS) is 24.0. The molecule has 2 aromatic carbocycles. The number of imide groups is 1. The van der Waals surface area contributed by atoms with Crippen molar-refractivity contribution in [3.8, 4) is 11.5 Å². The van der Waals surface area contributed by atoms with E-state index in [0.717, 1.165) is 31.4 Å². The number of nitrogens with zero attached hydrogens (tertiary/aromatic N) is 2. The fraction of sp³-hybridized carbons (Fsp3) is 0.407. The summed E-state index contributed by atoms with van der Waals surface area (Å²) in [5.74, 6) is -0.886. The van der Waals surface area contributed by atoms with Crippen LogP contribution >= 0.6 is 0 Å². The van der Waals surface area contributed by atoms with E-state index >= 15 is 0 Å². The molecule has 3 atom stereocenters. The van der Waals surface area contributed by atoms with Gasteiger partial charge in [-0.05, 0) is 68.3 Å². The van der Waals surface area contributed by atoms with Crippen LogP contribution in [-0.4, -0.2) is 36.8 Å². The summed E-state index contributed by atoms with van der Waals surface area (Å²) in [5, 5.41) is 0. The van der Waals surface area contributed by atoms with E-state index in [1.54, 1.807) is 53.4 Å². The lowest BCUT2D eigenvalue weighted by Gasteiger charge is -2.19. The zero-order valence-corrected chi connectivity index (χ0v) is 19.6. The first-order valence-corrected chi connectivity index (χ1v) is 12.2. The molecule has 0 unspecified atom stereocenters. The van der Waals surface area contributed by atoms with Gasteiger partial charge in [-0.25, -0.2) is 0 Å². The molecule has 182 valence electrons. The summed E-state index contributed by atoms with van der Waals surface area (Å²) >= 11 is 0. The molecule has 0 bridgehead atoms. The molecule has 1 saturated carbocycles. The molecule has 35 heavy (non-hydrogen) atoms. The van der Waals surface area contributed by atoms with Gasteiger partial charge in [0.25, 0.3) is 0 Å². The van der Waals surface area contributed by atoms with Gasteiger partial charge in [0.15, 0.2) is 0 Å². The summed E-state index contributed by atoms with van der Waals surface area (Å²) in [6.07, 6.45) is 3.54. The number of ether oxygens (including phenoxy) is 2. The van der Waals surface area contributed by atoms with Crippen LogP contribution in [-0.2, 0) is 19.2 Å². The summed E-state index contributed by atoms with van der Waals surface area (Å²) in [7, 11) is 0. The van der Waals surface area contributed by atoms with Gasteiger partial charge in [0.1, 0.15) is 11.5 Å². The molecule has 2 aromatic rings. The Labute approximate surface area is 203 Å². The molecule has 3 amide bonds. The Morgan fingerprint density at radius 2 is 1.43 bits per heavy atom. The van der Waals surface area contributed by atoms with Crippen molar-refractivity contribution < 1.29 is 28.7 Å². The second-order valence-electron chi connectivity index (χ2n) is 9.26. The van der Waals surface area contributed by atoms with Crippen LogP contribution in [0, 0.1) is 17.8 Å². The maximum atomic E-state index is 12.8. The first-order valence-electron chi connectivity index (χ1n) is 12.2. The third kappa shape index (κ3) is 4.40. The van der Waals surface area contributed by atoms with Crippen LogP contribution in [0.1, 0.15) is 39.0 Å². The SMILES string of the molecule is CCOc1ccc(N2C[C@H](C(=O)Oc3ccc(N4C(=O)[C@H]5CCCC[C@@H]5C4=O)cc3)CC2=O)cc1. The first kappa shape index (κ1) is 23.1. The number of fused-ring (bicyclic) bond motifs is 1. The van der Waals surface area contributed by atoms with Crippen LogP contribution in [0.15, 0.2) is 48.5 Å². The van der Waals surface area contributed by atoms with Crippen molar-refractivity contribution >= 4 is 35.1 Å². The number of hydrogen-bond acceptors (Lipinski definition) is 6. The van der Waals surface area contributed by atoms with Gasteiger partial charge in [-0.1, -0.05) is 12.8 Å². The van der Waals surface area contributed by atoms with Gasteiger partial charge < -0.3 is 14.4 Å². The monoisotopic (exact) mass is 476 g/mol. The van der Waals surface area contributed by atoms with Crippen molar-refractivity contribution in [2.75, 3.05) is 23.0 Å². The van der Waals surface area contributed by atoms with Crippen molar-refractivity contribution in [3.63, 3.8) is 0 Å². The minimum absolute atomic E-state index is 0.0731. The highest BCUT2D eigenvalue weighted by molar-refractivity contribution is 6.22. The maximum Gasteiger partial charge on any atom is 0.316 e. The lowest BCUT2D eigenvalue weighted by Crippen LogP contribution is -2.30. The van der Waals surface area contributed by atoms with Crippen LogP contribution in [0.2, 0.25) is 0 Å². The molecule has 8 nitrogen and oxygen atoms in total. The molecule has 1 aliphatic carbocycles. The molecule has 2 heterocycles. The van der Waals surface area contributed by atoms with E-state index in [-0.39, 0.29) is 42.5 Å². The van der Waals surface area contributed by atoms with Gasteiger partial charge in [0.05, 0.1) is 30.0 Å². The Bertz CT molecular complexity index is 1120. The average Bonchev–Trinajstić information content (AvgIpc) is 3.38. The van der Waals surface area contributed by atoms with Crippen LogP contribution in [0.4, 0.5) is 11.4 Å². The highest BCUT2D eigenvalue weighted by Gasteiger charge is 2.48. The third-order valence-corrected chi connectivity index (χ3v) is 7.07. The number of carbonyl (C=O) groups is 4. The molecule has 3 fully saturated rings. The Morgan fingerprint density at radius 3 is 2.03 bits per heavy atom. The molecule has 3 aliphatic rings. The van der Waals surface area contributed by atoms with Gasteiger partial charge in [-0.15, -0.1) is 0 Å². The van der Waals surface area contributed by atoms with Crippen LogP contribution in [0.25, 0.3) is 0 Å². The van der Waals surface area contributed by atoms with E-state index in [2.05, 4.69) is 0 Å². The quantitative estimate of drug-likeness (QED) is 0.358.